The molecular formula is C13H18F3N3O. The first kappa shape index (κ1) is 16.3. The number of rotatable bonds is 6. The first-order chi connectivity index (χ1) is 9.29. The van der Waals surface area contributed by atoms with Crippen LogP contribution in [0.1, 0.15) is 49.2 Å². The highest BCUT2D eigenvalue weighted by atomic mass is 19.4. The molecule has 1 rings (SSSR count). The third-order valence-electron chi connectivity index (χ3n) is 2.92. The Morgan fingerprint density at radius 3 is 2.50 bits per heavy atom. The van der Waals surface area contributed by atoms with E-state index in [0.29, 0.717) is 6.42 Å². The van der Waals surface area contributed by atoms with E-state index in [2.05, 4.69) is 10.3 Å². The van der Waals surface area contributed by atoms with Crippen LogP contribution in [-0.2, 0) is 6.18 Å². The van der Waals surface area contributed by atoms with Crippen molar-refractivity contribution in [2.45, 2.75) is 45.3 Å². The number of hydrogen-bond acceptors (Lipinski definition) is 3. The number of nitrogens with two attached hydrogens (primary N) is 1. The first-order valence-electron chi connectivity index (χ1n) is 6.44. The van der Waals surface area contributed by atoms with Gasteiger partial charge in [-0.2, -0.15) is 13.2 Å². The van der Waals surface area contributed by atoms with Crippen LogP contribution in [0.5, 0.6) is 0 Å². The monoisotopic (exact) mass is 289 g/mol. The van der Waals surface area contributed by atoms with Gasteiger partial charge in [-0.25, -0.2) is 4.98 Å². The molecule has 0 saturated carbocycles. The molecule has 1 aromatic heterocycles. The fourth-order valence-electron chi connectivity index (χ4n) is 1.85. The SMILES string of the molecule is CCCC(CC)Nc1nc(C(F)(F)F)ccc1C(N)=O. The van der Waals surface area contributed by atoms with Gasteiger partial charge in [0.15, 0.2) is 0 Å². The highest BCUT2D eigenvalue weighted by molar-refractivity contribution is 5.97. The Labute approximate surface area is 115 Å². The van der Waals surface area contributed by atoms with Crippen LogP contribution in [0.25, 0.3) is 0 Å². The summed E-state index contributed by atoms with van der Waals surface area (Å²) in [7, 11) is 0. The number of anilines is 1. The number of carbonyl (C=O) groups excluding carboxylic acids is 1. The lowest BCUT2D eigenvalue weighted by atomic mass is 10.1. The fourth-order valence-corrected chi connectivity index (χ4v) is 1.85. The number of nitrogens with one attached hydrogen (secondary N) is 1. The molecule has 0 aliphatic rings. The average Bonchev–Trinajstić information content (AvgIpc) is 2.36. The molecule has 4 nitrogen and oxygen atoms in total. The number of carbonyl (C=O) groups is 1. The maximum atomic E-state index is 12.7. The zero-order valence-electron chi connectivity index (χ0n) is 11.4. The summed E-state index contributed by atoms with van der Waals surface area (Å²) < 4.78 is 38.0. The molecule has 0 bridgehead atoms. The van der Waals surface area contributed by atoms with Crippen molar-refractivity contribution < 1.29 is 18.0 Å². The van der Waals surface area contributed by atoms with Gasteiger partial charge in [-0.15, -0.1) is 0 Å². The molecule has 1 amide bonds. The summed E-state index contributed by atoms with van der Waals surface area (Å²) in [6.07, 6.45) is -2.20. The molecule has 0 saturated heterocycles. The summed E-state index contributed by atoms with van der Waals surface area (Å²) in [6.45, 7) is 3.88. The summed E-state index contributed by atoms with van der Waals surface area (Å²) in [5, 5.41) is 2.88. The summed E-state index contributed by atoms with van der Waals surface area (Å²) >= 11 is 0. The number of nitrogens with zero attached hydrogens (tertiary/aromatic N) is 1. The van der Waals surface area contributed by atoms with E-state index >= 15 is 0 Å². The Kier molecular flexibility index (Phi) is 5.35. The van der Waals surface area contributed by atoms with E-state index in [9.17, 15) is 18.0 Å². The predicted octanol–water partition coefficient (Wildman–Crippen LogP) is 3.19. The van der Waals surface area contributed by atoms with E-state index in [1.165, 1.54) is 0 Å². The minimum atomic E-state index is -4.56. The second-order valence-electron chi connectivity index (χ2n) is 4.49. The quantitative estimate of drug-likeness (QED) is 0.845. The first-order valence-corrected chi connectivity index (χ1v) is 6.44. The van der Waals surface area contributed by atoms with Crippen molar-refractivity contribution in [3.8, 4) is 0 Å². The number of amides is 1. The van der Waals surface area contributed by atoms with Crippen molar-refractivity contribution in [3.05, 3.63) is 23.4 Å². The van der Waals surface area contributed by atoms with Gasteiger partial charge in [-0.3, -0.25) is 4.79 Å². The zero-order chi connectivity index (χ0) is 15.3. The van der Waals surface area contributed by atoms with Gasteiger partial charge in [0.05, 0.1) is 5.56 Å². The number of aromatic nitrogens is 1. The molecule has 3 N–H and O–H groups in total. The lowest BCUT2D eigenvalue weighted by molar-refractivity contribution is -0.141. The van der Waals surface area contributed by atoms with E-state index in [4.69, 9.17) is 5.73 Å². The Bertz CT molecular complexity index is 474. The normalized spacial score (nSPS) is 13.1. The van der Waals surface area contributed by atoms with Gasteiger partial charge in [0, 0.05) is 6.04 Å². The number of pyridine rings is 1. The molecular weight excluding hydrogens is 271 g/mol. The van der Waals surface area contributed by atoms with Crippen LogP contribution >= 0.6 is 0 Å². The van der Waals surface area contributed by atoms with E-state index < -0.39 is 17.8 Å². The molecule has 0 aromatic carbocycles. The van der Waals surface area contributed by atoms with Gasteiger partial charge in [0.2, 0.25) is 0 Å². The topological polar surface area (TPSA) is 68.0 Å². The molecule has 0 radical (unpaired) electrons. The van der Waals surface area contributed by atoms with E-state index in [0.717, 1.165) is 25.0 Å². The van der Waals surface area contributed by atoms with Crippen molar-refractivity contribution >= 4 is 11.7 Å². The Hall–Kier alpha value is -1.79. The highest BCUT2D eigenvalue weighted by Crippen LogP contribution is 2.29. The van der Waals surface area contributed by atoms with E-state index in [-0.39, 0.29) is 17.4 Å². The maximum absolute atomic E-state index is 12.7. The number of halogens is 3. The summed E-state index contributed by atoms with van der Waals surface area (Å²) in [5.41, 5.74) is 4.08. The van der Waals surface area contributed by atoms with Crippen LogP contribution < -0.4 is 11.1 Å². The second-order valence-corrected chi connectivity index (χ2v) is 4.49. The fraction of sp³-hybridized carbons (Fsp3) is 0.538. The summed E-state index contributed by atoms with van der Waals surface area (Å²) in [4.78, 5) is 14.8. The number of primary amides is 1. The van der Waals surface area contributed by atoms with Gasteiger partial charge in [-0.05, 0) is 25.0 Å². The van der Waals surface area contributed by atoms with Gasteiger partial charge in [-0.1, -0.05) is 20.3 Å². The largest absolute Gasteiger partial charge is 0.433 e. The molecule has 7 heteroatoms. The number of hydrogen-bond donors (Lipinski definition) is 2. The molecule has 1 unspecified atom stereocenters. The number of alkyl halides is 3. The van der Waals surface area contributed by atoms with Crippen molar-refractivity contribution in [3.63, 3.8) is 0 Å². The second kappa shape index (κ2) is 6.58. The van der Waals surface area contributed by atoms with Crippen molar-refractivity contribution in [1.82, 2.24) is 4.98 Å². The van der Waals surface area contributed by atoms with Gasteiger partial charge in [0.25, 0.3) is 5.91 Å². The molecule has 0 aliphatic carbocycles. The smallest absolute Gasteiger partial charge is 0.367 e. The lowest BCUT2D eigenvalue weighted by Gasteiger charge is -2.19. The van der Waals surface area contributed by atoms with E-state index in [1.807, 2.05) is 13.8 Å². The van der Waals surface area contributed by atoms with Crippen molar-refractivity contribution in [2.75, 3.05) is 5.32 Å². The molecule has 0 spiro atoms. The molecule has 1 aromatic rings. The Morgan fingerprint density at radius 1 is 1.40 bits per heavy atom. The molecule has 0 aliphatic heterocycles. The highest BCUT2D eigenvalue weighted by Gasteiger charge is 2.33. The predicted molar refractivity (Wildman–Crippen MR) is 70.4 cm³/mol. The van der Waals surface area contributed by atoms with Crippen LogP contribution in [0.3, 0.4) is 0 Å². The van der Waals surface area contributed by atoms with Crippen LogP contribution in [0.15, 0.2) is 12.1 Å². The van der Waals surface area contributed by atoms with Crippen LogP contribution in [0, 0.1) is 0 Å². The van der Waals surface area contributed by atoms with Gasteiger partial charge in [0.1, 0.15) is 11.5 Å². The van der Waals surface area contributed by atoms with E-state index in [1.54, 1.807) is 0 Å². The minimum absolute atomic E-state index is 0.0347. The lowest BCUT2D eigenvalue weighted by Crippen LogP contribution is -2.24. The average molecular weight is 289 g/mol. The molecule has 112 valence electrons. The summed E-state index contributed by atoms with van der Waals surface area (Å²) in [5.74, 6) is -0.910. The summed E-state index contributed by atoms with van der Waals surface area (Å²) in [6, 6.07) is 1.76. The standard InChI is InChI=1S/C13H18F3N3O/c1-3-5-8(4-2)18-12-9(11(17)20)6-7-10(19-12)13(14,15)16/h6-8H,3-5H2,1-2H3,(H2,17,20)(H,18,19). The van der Waals surface area contributed by atoms with Crippen LogP contribution in [0.4, 0.5) is 19.0 Å². The van der Waals surface area contributed by atoms with Crippen molar-refractivity contribution in [2.24, 2.45) is 5.73 Å². The van der Waals surface area contributed by atoms with Crippen LogP contribution in [0.2, 0.25) is 0 Å². The van der Waals surface area contributed by atoms with Crippen LogP contribution in [-0.4, -0.2) is 16.9 Å². The molecule has 20 heavy (non-hydrogen) atoms. The Morgan fingerprint density at radius 2 is 2.05 bits per heavy atom. The maximum Gasteiger partial charge on any atom is 0.433 e. The third-order valence-corrected chi connectivity index (χ3v) is 2.92. The third kappa shape index (κ3) is 4.11. The van der Waals surface area contributed by atoms with Gasteiger partial charge < -0.3 is 11.1 Å². The van der Waals surface area contributed by atoms with Crippen molar-refractivity contribution in [1.29, 1.82) is 0 Å². The molecule has 0 fully saturated rings. The molecule has 1 heterocycles. The molecule has 1 atom stereocenters. The van der Waals surface area contributed by atoms with Gasteiger partial charge >= 0.3 is 6.18 Å². The Balaban J connectivity index is 3.15. The zero-order valence-corrected chi connectivity index (χ0v) is 11.4. The minimum Gasteiger partial charge on any atom is -0.367 e.